The summed E-state index contributed by atoms with van der Waals surface area (Å²) >= 11 is 0. The summed E-state index contributed by atoms with van der Waals surface area (Å²) < 4.78 is 0. The summed E-state index contributed by atoms with van der Waals surface area (Å²) in [5.41, 5.74) is 3.30. The largest absolute Gasteiger partial charge is 0.348 e. The zero-order valence-corrected chi connectivity index (χ0v) is 14.9. The molecule has 1 aliphatic rings. The Morgan fingerprint density at radius 3 is 2.57 bits per heavy atom. The molecule has 3 nitrogen and oxygen atoms in total. The second-order valence-electron chi connectivity index (χ2n) is 7.29. The highest BCUT2D eigenvalue weighted by atomic mass is 16.2. The smallest absolute Gasteiger partial charge is 0.238 e. The van der Waals surface area contributed by atoms with Crippen LogP contribution >= 0.6 is 0 Å². The molecule has 0 saturated heterocycles. The van der Waals surface area contributed by atoms with E-state index < -0.39 is 5.92 Å². The summed E-state index contributed by atoms with van der Waals surface area (Å²) in [5, 5.41) is 12.7. The summed E-state index contributed by atoms with van der Waals surface area (Å²) in [6.45, 7) is 10.3. The minimum Gasteiger partial charge on any atom is -0.348 e. The number of hydrogen-bond acceptors (Lipinski definition) is 2. The highest BCUT2D eigenvalue weighted by Crippen LogP contribution is 2.52. The van der Waals surface area contributed by atoms with Gasteiger partial charge in [0, 0.05) is 0 Å². The van der Waals surface area contributed by atoms with Crippen LogP contribution in [0.1, 0.15) is 62.8 Å². The van der Waals surface area contributed by atoms with Crippen LogP contribution in [0.15, 0.2) is 18.2 Å². The van der Waals surface area contributed by atoms with Crippen LogP contribution in [-0.2, 0) is 4.79 Å². The number of aryl methyl sites for hydroxylation is 2. The fraction of sp³-hybridized carbons (Fsp3) is 0.600. The molecule has 23 heavy (non-hydrogen) atoms. The van der Waals surface area contributed by atoms with Gasteiger partial charge in [0.2, 0.25) is 5.91 Å². The average molecular weight is 312 g/mol. The number of carbonyl (C=O) groups excluding carboxylic acids is 1. The first kappa shape index (κ1) is 17.5. The Hall–Kier alpha value is -1.82. The van der Waals surface area contributed by atoms with Crippen LogP contribution in [0, 0.1) is 42.4 Å². The van der Waals surface area contributed by atoms with Crippen LogP contribution in [-0.4, -0.2) is 5.91 Å². The summed E-state index contributed by atoms with van der Waals surface area (Å²) in [6, 6.07) is 8.45. The van der Waals surface area contributed by atoms with Gasteiger partial charge in [-0.25, -0.2) is 0 Å². The lowest BCUT2D eigenvalue weighted by Gasteiger charge is -2.33. The van der Waals surface area contributed by atoms with Gasteiger partial charge in [0.15, 0.2) is 0 Å². The van der Waals surface area contributed by atoms with Gasteiger partial charge < -0.3 is 5.32 Å². The molecule has 3 atom stereocenters. The number of rotatable bonds is 6. The Labute approximate surface area is 140 Å². The van der Waals surface area contributed by atoms with Crippen molar-refractivity contribution in [1.82, 2.24) is 5.32 Å². The summed E-state index contributed by atoms with van der Waals surface area (Å²) in [5.74, 6) is -0.191. The number of amides is 1. The number of benzene rings is 1. The van der Waals surface area contributed by atoms with Crippen molar-refractivity contribution in [3.05, 3.63) is 34.9 Å². The third kappa shape index (κ3) is 3.58. The van der Waals surface area contributed by atoms with E-state index in [0.29, 0.717) is 5.92 Å². The summed E-state index contributed by atoms with van der Waals surface area (Å²) in [7, 11) is 0. The molecule has 0 heterocycles. The maximum Gasteiger partial charge on any atom is 0.238 e. The minimum absolute atomic E-state index is 0.0840. The molecule has 0 aromatic heterocycles. The number of hydrogen-bond donors (Lipinski definition) is 1. The van der Waals surface area contributed by atoms with Gasteiger partial charge in [0.05, 0.1) is 12.1 Å². The maximum atomic E-state index is 12.7. The Kier molecular flexibility index (Phi) is 5.14. The molecule has 0 bridgehead atoms. The molecular formula is C20H28N2O. The quantitative estimate of drug-likeness (QED) is 0.844. The molecule has 2 rings (SSSR count). The number of nitrogens with one attached hydrogen (secondary N) is 1. The van der Waals surface area contributed by atoms with E-state index in [0.717, 1.165) is 24.8 Å². The second kappa shape index (κ2) is 6.74. The van der Waals surface area contributed by atoms with Crippen LogP contribution in [0.3, 0.4) is 0 Å². The van der Waals surface area contributed by atoms with Gasteiger partial charge in [0.25, 0.3) is 0 Å². The lowest BCUT2D eigenvalue weighted by atomic mass is 9.71. The molecule has 1 aromatic carbocycles. The van der Waals surface area contributed by atoms with Crippen molar-refractivity contribution in [2.24, 2.45) is 17.3 Å². The Balaban J connectivity index is 2.14. The average Bonchev–Trinajstić information content (AvgIpc) is 3.32. The molecule has 1 aliphatic carbocycles. The highest BCUT2D eigenvalue weighted by Gasteiger charge is 2.48. The van der Waals surface area contributed by atoms with Crippen molar-refractivity contribution in [3.63, 3.8) is 0 Å². The summed E-state index contributed by atoms with van der Waals surface area (Å²) in [4.78, 5) is 12.7. The van der Waals surface area contributed by atoms with Crippen molar-refractivity contribution in [2.75, 3.05) is 0 Å². The third-order valence-corrected chi connectivity index (χ3v) is 5.57. The van der Waals surface area contributed by atoms with Crippen molar-refractivity contribution in [3.8, 4) is 6.07 Å². The van der Waals surface area contributed by atoms with Crippen LogP contribution in [0.4, 0.5) is 0 Å². The lowest BCUT2D eigenvalue weighted by Crippen LogP contribution is -2.41. The first-order chi connectivity index (χ1) is 10.8. The number of nitriles is 1. The van der Waals surface area contributed by atoms with E-state index in [2.05, 4.69) is 57.3 Å². The lowest BCUT2D eigenvalue weighted by molar-refractivity contribution is -0.127. The van der Waals surface area contributed by atoms with E-state index in [1.807, 2.05) is 6.92 Å². The molecule has 3 heteroatoms. The first-order valence-electron chi connectivity index (χ1n) is 8.60. The van der Waals surface area contributed by atoms with E-state index in [1.165, 1.54) is 11.1 Å². The van der Waals surface area contributed by atoms with E-state index >= 15 is 0 Å². The standard InChI is InChI=1S/C20H28N2O/c1-6-20(5,16-8-9-16)18(12-21)19(23)22-15(4)17-10-7-13(2)11-14(17)3/h7,10-11,15-16,18H,6,8-9H2,1-5H3,(H,22,23). The molecule has 1 fully saturated rings. The molecule has 1 saturated carbocycles. The molecule has 1 amide bonds. The van der Waals surface area contributed by atoms with Crippen molar-refractivity contribution >= 4 is 5.91 Å². The predicted octanol–water partition coefficient (Wildman–Crippen LogP) is 4.45. The SMILES string of the molecule is CCC(C)(C1CC1)C(C#N)C(=O)NC(C)c1ccc(C)cc1C. The molecule has 3 unspecified atom stereocenters. The monoisotopic (exact) mass is 312 g/mol. The number of carbonyl (C=O) groups is 1. The minimum atomic E-state index is -0.576. The van der Waals surface area contributed by atoms with E-state index in [-0.39, 0.29) is 17.4 Å². The zero-order chi connectivity index (χ0) is 17.2. The van der Waals surface area contributed by atoms with E-state index in [1.54, 1.807) is 0 Å². The van der Waals surface area contributed by atoms with Crippen molar-refractivity contribution < 1.29 is 4.79 Å². The normalized spacial score (nSPS) is 19.3. The van der Waals surface area contributed by atoms with Gasteiger partial charge in [-0.15, -0.1) is 0 Å². The van der Waals surface area contributed by atoms with Gasteiger partial charge in [-0.05, 0) is 62.5 Å². The molecule has 1 N–H and O–H groups in total. The third-order valence-electron chi connectivity index (χ3n) is 5.57. The van der Waals surface area contributed by atoms with Gasteiger partial charge in [-0.2, -0.15) is 5.26 Å². The van der Waals surface area contributed by atoms with Gasteiger partial charge in [0.1, 0.15) is 5.92 Å². The Bertz CT molecular complexity index is 627. The Morgan fingerprint density at radius 2 is 2.09 bits per heavy atom. The second-order valence-corrected chi connectivity index (χ2v) is 7.29. The van der Waals surface area contributed by atoms with Gasteiger partial charge in [-0.1, -0.05) is 37.6 Å². The van der Waals surface area contributed by atoms with Crippen LogP contribution in [0.5, 0.6) is 0 Å². The molecule has 0 aliphatic heterocycles. The van der Waals surface area contributed by atoms with Crippen LogP contribution in [0.25, 0.3) is 0 Å². The van der Waals surface area contributed by atoms with Crippen molar-refractivity contribution in [2.45, 2.75) is 59.9 Å². The van der Waals surface area contributed by atoms with Crippen molar-refractivity contribution in [1.29, 1.82) is 5.26 Å². The first-order valence-corrected chi connectivity index (χ1v) is 8.60. The fourth-order valence-electron chi connectivity index (χ4n) is 3.66. The molecule has 0 radical (unpaired) electrons. The Morgan fingerprint density at radius 1 is 1.43 bits per heavy atom. The summed E-state index contributed by atoms with van der Waals surface area (Å²) in [6.07, 6.45) is 3.14. The molecule has 1 aromatic rings. The zero-order valence-electron chi connectivity index (χ0n) is 14.9. The van der Waals surface area contributed by atoms with Crippen LogP contribution < -0.4 is 5.32 Å². The van der Waals surface area contributed by atoms with E-state index in [4.69, 9.17) is 0 Å². The van der Waals surface area contributed by atoms with Gasteiger partial charge >= 0.3 is 0 Å². The molecule has 0 spiro atoms. The highest BCUT2D eigenvalue weighted by molar-refractivity contribution is 5.82. The fourth-order valence-corrected chi connectivity index (χ4v) is 3.66. The predicted molar refractivity (Wildman–Crippen MR) is 92.7 cm³/mol. The number of nitrogens with zero attached hydrogens (tertiary/aromatic N) is 1. The van der Waals surface area contributed by atoms with E-state index in [9.17, 15) is 10.1 Å². The molecule has 124 valence electrons. The topological polar surface area (TPSA) is 52.9 Å². The van der Waals surface area contributed by atoms with Gasteiger partial charge in [-0.3, -0.25) is 4.79 Å². The van der Waals surface area contributed by atoms with Crippen LogP contribution in [0.2, 0.25) is 0 Å². The molecular weight excluding hydrogens is 284 g/mol. The maximum absolute atomic E-state index is 12.7.